The molecule has 0 amide bonds. The fraction of sp³-hybridized carbons (Fsp3) is 0.615. The van der Waals surface area contributed by atoms with Crippen LogP contribution in [0.1, 0.15) is 25.3 Å². The summed E-state index contributed by atoms with van der Waals surface area (Å²) in [6, 6.07) is 3.96. The number of aromatic nitrogens is 1. The number of nitrogens with two attached hydrogens (primary N) is 1. The lowest BCUT2D eigenvalue weighted by atomic mass is 9.92. The van der Waals surface area contributed by atoms with Gasteiger partial charge in [-0.05, 0) is 44.8 Å². The van der Waals surface area contributed by atoms with Gasteiger partial charge in [0.25, 0.3) is 0 Å². The monoisotopic (exact) mass is 235 g/mol. The molecule has 0 saturated carbocycles. The zero-order valence-electron chi connectivity index (χ0n) is 10.3. The molecule has 1 atom stereocenters. The molecule has 1 unspecified atom stereocenters. The van der Waals surface area contributed by atoms with E-state index in [1.54, 1.807) is 6.20 Å². The number of hydrogen-bond donors (Lipinski definition) is 2. The molecule has 4 heteroatoms. The average Bonchev–Trinajstić information content (AvgIpc) is 2.33. The van der Waals surface area contributed by atoms with Crippen LogP contribution < -0.4 is 5.73 Å². The topological polar surface area (TPSA) is 62.4 Å². The molecule has 1 aromatic heterocycles. The number of aliphatic hydroxyl groups excluding tert-OH is 1. The van der Waals surface area contributed by atoms with Crippen molar-refractivity contribution in [1.29, 1.82) is 0 Å². The molecule has 1 aliphatic heterocycles. The molecule has 1 fully saturated rings. The Morgan fingerprint density at radius 2 is 2.24 bits per heavy atom. The molecule has 0 aliphatic carbocycles. The summed E-state index contributed by atoms with van der Waals surface area (Å²) in [4.78, 5) is 6.48. The molecular weight excluding hydrogens is 214 g/mol. The predicted molar refractivity (Wildman–Crippen MR) is 68.3 cm³/mol. The van der Waals surface area contributed by atoms with E-state index in [2.05, 4.69) is 9.88 Å². The van der Waals surface area contributed by atoms with Crippen molar-refractivity contribution in [3.63, 3.8) is 0 Å². The molecule has 0 aromatic carbocycles. The fourth-order valence-corrected chi connectivity index (χ4v) is 2.42. The maximum Gasteiger partial charge on any atom is 0.127 e. The van der Waals surface area contributed by atoms with E-state index in [-0.39, 0.29) is 6.10 Å². The molecule has 94 valence electrons. The van der Waals surface area contributed by atoms with Crippen LogP contribution in [0.5, 0.6) is 0 Å². The second kappa shape index (κ2) is 5.47. The first kappa shape index (κ1) is 12.3. The molecule has 2 rings (SSSR count). The standard InChI is InChI=1S/C13H21N3O/c1-10(17)11-4-7-16(8-5-11)9-12-3-2-6-15-13(12)14/h2-3,6,10-11,17H,4-5,7-9H2,1H3,(H2,14,15). The Labute approximate surface area is 102 Å². The SMILES string of the molecule is CC(O)C1CCN(Cc2cccnc2N)CC1. The van der Waals surface area contributed by atoms with Gasteiger partial charge >= 0.3 is 0 Å². The predicted octanol–water partition coefficient (Wildman–Crippen LogP) is 1.26. The molecule has 4 nitrogen and oxygen atoms in total. The molecule has 2 heterocycles. The summed E-state index contributed by atoms with van der Waals surface area (Å²) >= 11 is 0. The van der Waals surface area contributed by atoms with Gasteiger partial charge in [0.2, 0.25) is 0 Å². The van der Waals surface area contributed by atoms with Crippen LogP contribution in [0.25, 0.3) is 0 Å². The lowest BCUT2D eigenvalue weighted by Crippen LogP contribution is -2.36. The van der Waals surface area contributed by atoms with Crippen LogP contribution in [0, 0.1) is 5.92 Å². The second-order valence-electron chi connectivity index (χ2n) is 4.90. The van der Waals surface area contributed by atoms with E-state index in [9.17, 15) is 5.11 Å². The van der Waals surface area contributed by atoms with Gasteiger partial charge in [-0.1, -0.05) is 6.07 Å². The average molecular weight is 235 g/mol. The van der Waals surface area contributed by atoms with Gasteiger partial charge in [0.05, 0.1) is 6.10 Å². The van der Waals surface area contributed by atoms with Crippen LogP contribution in [0.4, 0.5) is 5.82 Å². The molecule has 1 aliphatic rings. The highest BCUT2D eigenvalue weighted by molar-refractivity contribution is 5.38. The minimum atomic E-state index is -0.180. The highest BCUT2D eigenvalue weighted by Crippen LogP contribution is 2.22. The quantitative estimate of drug-likeness (QED) is 0.828. The van der Waals surface area contributed by atoms with Crippen LogP contribution >= 0.6 is 0 Å². The first-order valence-electron chi connectivity index (χ1n) is 6.26. The normalized spacial score (nSPS) is 20.4. The second-order valence-corrected chi connectivity index (χ2v) is 4.90. The number of nitrogen functional groups attached to an aromatic ring is 1. The van der Waals surface area contributed by atoms with Crippen molar-refractivity contribution >= 4 is 5.82 Å². The minimum Gasteiger partial charge on any atom is -0.393 e. The minimum absolute atomic E-state index is 0.180. The molecule has 0 radical (unpaired) electrons. The maximum absolute atomic E-state index is 9.55. The Morgan fingerprint density at radius 3 is 2.82 bits per heavy atom. The molecule has 17 heavy (non-hydrogen) atoms. The van der Waals surface area contributed by atoms with Gasteiger partial charge in [-0.3, -0.25) is 4.90 Å². The van der Waals surface area contributed by atoms with Crippen LogP contribution in [0.2, 0.25) is 0 Å². The zero-order valence-corrected chi connectivity index (χ0v) is 10.3. The lowest BCUT2D eigenvalue weighted by molar-refractivity contribution is 0.0696. The number of likely N-dealkylation sites (tertiary alicyclic amines) is 1. The third-order valence-electron chi connectivity index (χ3n) is 3.63. The zero-order chi connectivity index (χ0) is 12.3. The number of anilines is 1. The highest BCUT2D eigenvalue weighted by atomic mass is 16.3. The number of hydrogen-bond acceptors (Lipinski definition) is 4. The molecule has 1 aromatic rings. The van der Waals surface area contributed by atoms with Crippen molar-refractivity contribution in [3.05, 3.63) is 23.9 Å². The first-order valence-corrected chi connectivity index (χ1v) is 6.26. The van der Waals surface area contributed by atoms with Crippen molar-refractivity contribution in [2.24, 2.45) is 5.92 Å². The van der Waals surface area contributed by atoms with Crippen LogP contribution in [-0.4, -0.2) is 34.2 Å². The Balaban J connectivity index is 1.88. The first-order chi connectivity index (χ1) is 8.16. The van der Waals surface area contributed by atoms with Crippen LogP contribution in [-0.2, 0) is 6.54 Å². The Kier molecular flexibility index (Phi) is 3.97. The third-order valence-corrected chi connectivity index (χ3v) is 3.63. The largest absolute Gasteiger partial charge is 0.393 e. The van der Waals surface area contributed by atoms with Crippen molar-refractivity contribution in [2.45, 2.75) is 32.4 Å². The smallest absolute Gasteiger partial charge is 0.127 e. The van der Waals surface area contributed by atoms with E-state index in [1.807, 2.05) is 19.1 Å². The Morgan fingerprint density at radius 1 is 1.53 bits per heavy atom. The summed E-state index contributed by atoms with van der Waals surface area (Å²) in [6.45, 7) is 4.82. The number of aliphatic hydroxyl groups is 1. The van der Waals surface area contributed by atoms with Gasteiger partial charge in [0, 0.05) is 18.3 Å². The van der Waals surface area contributed by atoms with Gasteiger partial charge in [-0.15, -0.1) is 0 Å². The molecule has 3 N–H and O–H groups in total. The van der Waals surface area contributed by atoms with Gasteiger partial charge in [0.1, 0.15) is 5.82 Å². The van der Waals surface area contributed by atoms with Gasteiger partial charge in [-0.2, -0.15) is 0 Å². The molecular formula is C13H21N3O. The summed E-state index contributed by atoms with van der Waals surface area (Å²) in [5.41, 5.74) is 6.94. The van der Waals surface area contributed by atoms with E-state index in [0.717, 1.165) is 38.0 Å². The van der Waals surface area contributed by atoms with E-state index >= 15 is 0 Å². The van der Waals surface area contributed by atoms with Crippen molar-refractivity contribution in [1.82, 2.24) is 9.88 Å². The fourth-order valence-electron chi connectivity index (χ4n) is 2.42. The van der Waals surface area contributed by atoms with Gasteiger partial charge in [-0.25, -0.2) is 4.98 Å². The summed E-state index contributed by atoms with van der Waals surface area (Å²) in [5.74, 6) is 1.09. The highest BCUT2D eigenvalue weighted by Gasteiger charge is 2.22. The number of nitrogens with zero attached hydrogens (tertiary/aromatic N) is 2. The van der Waals surface area contributed by atoms with Crippen molar-refractivity contribution in [2.75, 3.05) is 18.8 Å². The van der Waals surface area contributed by atoms with E-state index in [0.29, 0.717) is 11.7 Å². The lowest BCUT2D eigenvalue weighted by Gasteiger charge is -2.33. The maximum atomic E-state index is 9.55. The van der Waals surface area contributed by atoms with E-state index in [1.165, 1.54) is 0 Å². The summed E-state index contributed by atoms with van der Waals surface area (Å²) in [7, 11) is 0. The van der Waals surface area contributed by atoms with Gasteiger partial charge < -0.3 is 10.8 Å². The van der Waals surface area contributed by atoms with Crippen LogP contribution in [0.15, 0.2) is 18.3 Å². The summed E-state index contributed by atoms with van der Waals surface area (Å²) in [5, 5.41) is 9.55. The molecule has 0 spiro atoms. The third kappa shape index (κ3) is 3.17. The van der Waals surface area contributed by atoms with E-state index < -0.39 is 0 Å². The summed E-state index contributed by atoms with van der Waals surface area (Å²) < 4.78 is 0. The van der Waals surface area contributed by atoms with Crippen LogP contribution in [0.3, 0.4) is 0 Å². The number of pyridine rings is 1. The Bertz CT molecular complexity index is 359. The summed E-state index contributed by atoms with van der Waals surface area (Å²) in [6.07, 6.45) is 3.68. The molecule has 0 bridgehead atoms. The van der Waals surface area contributed by atoms with E-state index in [4.69, 9.17) is 5.73 Å². The van der Waals surface area contributed by atoms with Gasteiger partial charge in [0.15, 0.2) is 0 Å². The number of piperidine rings is 1. The molecule has 1 saturated heterocycles. The number of rotatable bonds is 3. The van der Waals surface area contributed by atoms with Crippen molar-refractivity contribution in [3.8, 4) is 0 Å². The van der Waals surface area contributed by atoms with Crippen molar-refractivity contribution < 1.29 is 5.11 Å². The Hall–Kier alpha value is -1.13.